The molecule has 4 nitrogen and oxygen atoms in total. The van der Waals surface area contributed by atoms with Gasteiger partial charge in [0.2, 0.25) is 5.91 Å². The molecule has 0 fully saturated rings. The molecule has 0 aromatic rings. The second-order valence-electron chi connectivity index (χ2n) is 2.30. The number of carbonyl (C=O) groups excluding carboxylic acids is 1. The van der Waals surface area contributed by atoms with E-state index in [1.807, 2.05) is 0 Å². The zero-order chi connectivity index (χ0) is 8.15. The monoisotopic (exact) mass is 143 g/mol. The van der Waals surface area contributed by atoms with Gasteiger partial charge in [0.15, 0.2) is 0 Å². The van der Waals surface area contributed by atoms with E-state index in [0.717, 1.165) is 0 Å². The van der Waals surface area contributed by atoms with Gasteiger partial charge in [0.25, 0.3) is 0 Å². The van der Waals surface area contributed by atoms with Gasteiger partial charge >= 0.3 is 0 Å². The summed E-state index contributed by atoms with van der Waals surface area (Å²) in [5.74, 6) is -0.133. The number of amidine groups is 1. The Labute approximate surface area is 60.3 Å². The molecular formula is C6H13N3O. The molecule has 1 amide bonds. The average Bonchev–Trinajstić information content (AvgIpc) is 1.87. The molecule has 0 radical (unpaired) electrons. The number of amides is 1. The third kappa shape index (κ3) is 3.19. The third-order valence-electron chi connectivity index (χ3n) is 0.957. The fraction of sp³-hybridized carbons (Fsp3) is 0.667. The standard InChI is InChI=1S/C6H13N3O/c1-4(2)6(10)9-5(8)3-7/h4H,3,7H2,1-2H3,(H2,8,9,10). The highest BCUT2D eigenvalue weighted by atomic mass is 16.1. The number of carbonyl (C=O) groups is 1. The lowest BCUT2D eigenvalue weighted by Gasteiger charge is -1.97. The van der Waals surface area contributed by atoms with Gasteiger partial charge in [-0.1, -0.05) is 13.8 Å². The molecule has 0 aromatic carbocycles. The normalized spacial score (nSPS) is 12.2. The Bertz CT molecular complexity index is 151. The van der Waals surface area contributed by atoms with Gasteiger partial charge in [-0.2, -0.15) is 4.99 Å². The molecule has 0 bridgehead atoms. The van der Waals surface area contributed by atoms with E-state index in [2.05, 4.69) is 4.99 Å². The van der Waals surface area contributed by atoms with Crippen molar-refractivity contribution in [2.24, 2.45) is 22.4 Å². The van der Waals surface area contributed by atoms with Crippen LogP contribution in [0.3, 0.4) is 0 Å². The van der Waals surface area contributed by atoms with Crippen LogP contribution in [0.4, 0.5) is 0 Å². The average molecular weight is 143 g/mol. The summed E-state index contributed by atoms with van der Waals surface area (Å²) in [7, 11) is 0. The second kappa shape index (κ2) is 4.00. The molecule has 0 saturated heterocycles. The highest BCUT2D eigenvalue weighted by Gasteiger charge is 2.04. The highest BCUT2D eigenvalue weighted by molar-refractivity contribution is 5.95. The Morgan fingerprint density at radius 3 is 2.40 bits per heavy atom. The van der Waals surface area contributed by atoms with Crippen molar-refractivity contribution in [3.8, 4) is 0 Å². The molecule has 0 aliphatic heterocycles. The third-order valence-corrected chi connectivity index (χ3v) is 0.957. The maximum atomic E-state index is 10.8. The largest absolute Gasteiger partial charge is 0.386 e. The van der Waals surface area contributed by atoms with Gasteiger partial charge in [-0.25, -0.2) is 0 Å². The highest BCUT2D eigenvalue weighted by Crippen LogP contribution is 1.93. The van der Waals surface area contributed by atoms with Crippen molar-refractivity contribution in [2.45, 2.75) is 13.8 Å². The van der Waals surface area contributed by atoms with Crippen LogP contribution in [-0.4, -0.2) is 18.3 Å². The summed E-state index contributed by atoms with van der Waals surface area (Å²) in [6.45, 7) is 3.66. The summed E-state index contributed by atoms with van der Waals surface area (Å²) < 4.78 is 0. The predicted octanol–water partition coefficient (Wildman–Crippen LogP) is -0.515. The van der Waals surface area contributed by atoms with Gasteiger partial charge in [-0.3, -0.25) is 4.79 Å². The summed E-state index contributed by atoms with van der Waals surface area (Å²) in [5, 5.41) is 0. The SMILES string of the molecule is CC(C)C(=O)N=C(N)CN. The summed E-state index contributed by atoms with van der Waals surface area (Å²) in [4.78, 5) is 14.3. The van der Waals surface area contributed by atoms with Gasteiger partial charge in [0.1, 0.15) is 5.84 Å². The number of nitrogens with zero attached hydrogens (tertiary/aromatic N) is 1. The van der Waals surface area contributed by atoms with E-state index in [0.29, 0.717) is 0 Å². The first-order valence-corrected chi connectivity index (χ1v) is 3.15. The van der Waals surface area contributed by atoms with E-state index in [1.165, 1.54) is 0 Å². The summed E-state index contributed by atoms with van der Waals surface area (Å²) >= 11 is 0. The van der Waals surface area contributed by atoms with Crippen molar-refractivity contribution >= 4 is 11.7 Å². The first-order chi connectivity index (χ1) is 4.57. The lowest BCUT2D eigenvalue weighted by atomic mass is 10.2. The Morgan fingerprint density at radius 1 is 1.60 bits per heavy atom. The van der Waals surface area contributed by atoms with Crippen LogP contribution in [0.5, 0.6) is 0 Å². The molecule has 0 rings (SSSR count). The van der Waals surface area contributed by atoms with Crippen molar-refractivity contribution in [3.63, 3.8) is 0 Å². The number of hydrogen-bond donors (Lipinski definition) is 2. The lowest BCUT2D eigenvalue weighted by Crippen LogP contribution is -2.25. The molecule has 0 heterocycles. The van der Waals surface area contributed by atoms with E-state index in [9.17, 15) is 4.79 Å². The quantitative estimate of drug-likeness (QED) is 0.403. The summed E-state index contributed by atoms with van der Waals surface area (Å²) in [5.41, 5.74) is 10.3. The van der Waals surface area contributed by atoms with Crippen molar-refractivity contribution in [1.29, 1.82) is 0 Å². The molecule has 0 saturated carbocycles. The number of hydrogen-bond acceptors (Lipinski definition) is 2. The molecule has 10 heavy (non-hydrogen) atoms. The van der Waals surface area contributed by atoms with Crippen LogP contribution < -0.4 is 11.5 Å². The zero-order valence-corrected chi connectivity index (χ0v) is 6.29. The molecule has 0 atom stereocenters. The van der Waals surface area contributed by atoms with Crippen molar-refractivity contribution in [1.82, 2.24) is 0 Å². The first kappa shape index (κ1) is 9.10. The van der Waals surface area contributed by atoms with Crippen molar-refractivity contribution in [2.75, 3.05) is 6.54 Å². The van der Waals surface area contributed by atoms with Gasteiger partial charge in [0, 0.05) is 5.92 Å². The molecule has 0 unspecified atom stereocenters. The van der Waals surface area contributed by atoms with Crippen molar-refractivity contribution in [3.05, 3.63) is 0 Å². The molecule has 58 valence electrons. The smallest absolute Gasteiger partial charge is 0.249 e. The van der Waals surface area contributed by atoms with Crippen LogP contribution in [0.25, 0.3) is 0 Å². The Morgan fingerprint density at radius 2 is 2.10 bits per heavy atom. The Hall–Kier alpha value is -0.900. The summed E-state index contributed by atoms with van der Waals surface area (Å²) in [6.07, 6.45) is 0. The van der Waals surface area contributed by atoms with Gasteiger partial charge in [-0.05, 0) is 0 Å². The molecular weight excluding hydrogens is 130 g/mol. The van der Waals surface area contributed by atoms with E-state index < -0.39 is 0 Å². The fourth-order valence-corrected chi connectivity index (χ4v) is 0.316. The van der Waals surface area contributed by atoms with E-state index in [-0.39, 0.29) is 24.2 Å². The molecule has 0 aromatic heterocycles. The van der Waals surface area contributed by atoms with Crippen LogP contribution in [0, 0.1) is 5.92 Å². The maximum absolute atomic E-state index is 10.8. The van der Waals surface area contributed by atoms with Crippen molar-refractivity contribution < 1.29 is 4.79 Å². The molecule has 4 heteroatoms. The molecule has 0 aliphatic carbocycles. The molecule has 0 spiro atoms. The number of nitrogens with two attached hydrogens (primary N) is 2. The minimum atomic E-state index is -0.219. The lowest BCUT2D eigenvalue weighted by molar-refractivity contribution is -0.120. The van der Waals surface area contributed by atoms with E-state index in [4.69, 9.17) is 11.5 Å². The number of rotatable bonds is 2. The maximum Gasteiger partial charge on any atom is 0.249 e. The zero-order valence-electron chi connectivity index (χ0n) is 6.29. The van der Waals surface area contributed by atoms with Crippen LogP contribution in [0.2, 0.25) is 0 Å². The minimum absolute atomic E-state index is 0.106. The predicted molar refractivity (Wildman–Crippen MR) is 40.5 cm³/mol. The van der Waals surface area contributed by atoms with Crippen LogP contribution >= 0.6 is 0 Å². The van der Waals surface area contributed by atoms with Gasteiger partial charge in [0.05, 0.1) is 6.54 Å². The molecule has 4 N–H and O–H groups in total. The van der Waals surface area contributed by atoms with E-state index >= 15 is 0 Å². The van der Waals surface area contributed by atoms with Gasteiger partial charge in [-0.15, -0.1) is 0 Å². The first-order valence-electron chi connectivity index (χ1n) is 3.15. The van der Waals surface area contributed by atoms with Crippen LogP contribution in [0.1, 0.15) is 13.8 Å². The van der Waals surface area contributed by atoms with Gasteiger partial charge < -0.3 is 11.5 Å². The summed E-state index contributed by atoms with van der Waals surface area (Å²) in [6, 6.07) is 0. The Balaban J connectivity index is 4.00. The van der Waals surface area contributed by atoms with Crippen LogP contribution in [-0.2, 0) is 4.79 Å². The fourth-order valence-electron chi connectivity index (χ4n) is 0.316. The number of aliphatic imine (C=N–C) groups is 1. The van der Waals surface area contributed by atoms with E-state index in [1.54, 1.807) is 13.8 Å². The van der Waals surface area contributed by atoms with Crippen LogP contribution in [0.15, 0.2) is 4.99 Å². The molecule has 0 aliphatic rings. The Kier molecular flexibility index (Phi) is 3.64. The topological polar surface area (TPSA) is 81.5 Å². The minimum Gasteiger partial charge on any atom is -0.386 e. The second-order valence-corrected chi connectivity index (χ2v) is 2.30.